The number of nitrogens with zero attached hydrogens (tertiary/aromatic N) is 2. The van der Waals surface area contributed by atoms with Gasteiger partial charge in [0.15, 0.2) is 0 Å². The number of amides is 1. The zero-order chi connectivity index (χ0) is 17.5. The molecule has 0 saturated carbocycles. The molecule has 0 aliphatic heterocycles. The molecule has 0 spiro atoms. The molecule has 130 valence electrons. The third-order valence-electron chi connectivity index (χ3n) is 3.91. The molecule has 0 radical (unpaired) electrons. The Bertz CT molecular complexity index is 784. The van der Waals surface area contributed by atoms with Crippen molar-refractivity contribution in [2.75, 3.05) is 13.1 Å². The van der Waals surface area contributed by atoms with Gasteiger partial charge in [0.05, 0.1) is 10.6 Å². The number of hydrogen-bond donors (Lipinski definition) is 1. The molecule has 4 nitrogen and oxygen atoms in total. The molecule has 1 N–H and O–H groups in total. The molecule has 3 rings (SSSR count). The van der Waals surface area contributed by atoms with Gasteiger partial charge in [0.2, 0.25) is 0 Å². The van der Waals surface area contributed by atoms with Gasteiger partial charge in [-0.05, 0) is 47.5 Å². The highest BCUT2D eigenvalue weighted by atomic mass is 32.1. The van der Waals surface area contributed by atoms with E-state index in [0.29, 0.717) is 6.54 Å². The second kappa shape index (κ2) is 8.89. The zero-order valence-corrected chi connectivity index (χ0v) is 15.8. The lowest BCUT2D eigenvalue weighted by molar-refractivity contribution is 0.0951. The molecule has 0 fully saturated rings. The van der Waals surface area contributed by atoms with Gasteiger partial charge < -0.3 is 5.32 Å². The van der Waals surface area contributed by atoms with E-state index in [2.05, 4.69) is 33.6 Å². The van der Waals surface area contributed by atoms with Gasteiger partial charge in [-0.2, -0.15) is 0 Å². The minimum absolute atomic E-state index is 0.0000836. The summed E-state index contributed by atoms with van der Waals surface area (Å²) in [5.74, 6) is 0.0000836. The van der Waals surface area contributed by atoms with Crippen LogP contribution in [-0.2, 0) is 13.1 Å². The van der Waals surface area contributed by atoms with Crippen molar-refractivity contribution in [1.82, 2.24) is 15.2 Å². The molecule has 0 aliphatic carbocycles. The van der Waals surface area contributed by atoms with Crippen molar-refractivity contribution in [3.63, 3.8) is 0 Å². The number of thiophene rings is 2. The molecule has 0 saturated heterocycles. The molecule has 25 heavy (non-hydrogen) atoms. The number of pyridine rings is 1. The van der Waals surface area contributed by atoms with Crippen LogP contribution in [0.4, 0.5) is 0 Å². The summed E-state index contributed by atoms with van der Waals surface area (Å²) in [6.45, 7) is 5.18. The Morgan fingerprint density at radius 3 is 2.72 bits per heavy atom. The second-order valence-electron chi connectivity index (χ2n) is 5.79. The summed E-state index contributed by atoms with van der Waals surface area (Å²) in [6, 6.07) is 11.9. The van der Waals surface area contributed by atoms with Crippen molar-refractivity contribution < 1.29 is 4.79 Å². The van der Waals surface area contributed by atoms with Crippen LogP contribution < -0.4 is 5.32 Å². The van der Waals surface area contributed by atoms with Crippen LogP contribution in [0.1, 0.15) is 25.8 Å². The van der Waals surface area contributed by atoms with Crippen molar-refractivity contribution in [2.45, 2.75) is 20.0 Å². The third kappa shape index (κ3) is 5.22. The van der Waals surface area contributed by atoms with Crippen molar-refractivity contribution in [3.05, 3.63) is 74.4 Å². The molecule has 0 aliphatic rings. The van der Waals surface area contributed by atoms with Crippen molar-refractivity contribution in [1.29, 1.82) is 0 Å². The smallest absolute Gasteiger partial charge is 0.261 e. The SMILES string of the molecule is Cc1ccsc1CN(CCNC(=O)c1cccs1)Cc1ccccn1. The fourth-order valence-corrected chi connectivity index (χ4v) is 4.11. The first-order valence-electron chi connectivity index (χ1n) is 8.19. The number of aromatic nitrogens is 1. The van der Waals surface area contributed by atoms with Crippen molar-refractivity contribution in [3.8, 4) is 0 Å². The van der Waals surface area contributed by atoms with Gasteiger partial charge in [0.1, 0.15) is 0 Å². The predicted octanol–water partition coefficient (Wildman–Crippen LogP) is 3.95. The third-order valence-corrected chi connectivity index (χ3v) is 5.78. The Morgan fingerprint density at radius 1 is 1.12 bits per heavy atom. The van der Waals surface area contributed by atoms with E-state index < -0.39 is 0 Å². The van der Waals surface area contributed by atoms with Gasteiger partial charge in [-0.25, -0.2) is 0 Å². The highest BCUT2D eigenvalue weighted by molar-refractivity contribution is 7.12. The van der Waals surface area contributed by atoms with Gasteiger partial charge in [0, 0.05) is 37.3 Å². The number of carbonyl (C=O) groups is 1. The molecule has 0 bridgehead atoms. The standard InChI is InChI=1S/C19H21N3OS2/c1-15-7-12-25-18(15)14-22(13-16-5-2-3-8-20-16)10-9-21-19(23)17-6-4-11-24-17/h2-8,11-12H,9-10,13-14H2,1H3,(H,21,23). The maximum absolute atomic E-state index is 12.1. The molecule has 3 heterocycles. The van der Waals surface area contributed by atoms with E-state index in [4.69, 9.17) is 0 Å². The molecule has 0 atom stereocenters. The average molecular weight is 372 g/mol. The fourth-order valence-electron chi connectivity index (χ4n) is 2.53. The first-order valence-corrected chi connectivity index (χ1v) is 9.95. The Kier molecular flexibility index (Phi) is 6.33. The predicted molar refractivity (Wildman–Crippen MR) is 104 cm³/mol. The van der Waals surface area contributed by atoms with Crippen LogP contribution >= 0.6 is 22.7 Å². The van der Waals surface area contributed by atoms with E-state index in [9.17, 15) is 4.79 Å². The van der Waals surface area contributed by atoms with E-state index in [1.807, 2.05) is 41.9 Å². The Labute approximate surface area is 156 Å². The summed E-state index contributed by atoms with van der Waals surface area (Å²) in [7, 11) is 0. The van der Waals surface area contributed by atoms with Crippen LogP contribution in [0.5, 0.6) is 0 Å². The van der Waals surface area contributed by atoms with Crippen LogP contribution in [0.2, 0.25) is 0 Å². The van der Waals surface area contributed by atoms with Crippen LogP contribution in [0.3, 0.4) is 0 Å². The van der Waals surface area contributed by atoms with Gasteiger partial charge >= 0.3 is 0 Å². The van der Waals surface area contributed by atoms with E-state index >= 15 is 0 Å². The van der Waals surface area contributed by atoms with Crippen LogP contribution in [0.25, 0.3) is 0 Å². The van der Waals surface area contributed by atoms with E-state index in [1.54, 1.807) is 11.3 Å². The van der Waals surface area contributed by atoms with E-state index in [-0.39, 0.29) is 5.91 Å². The summed E-state index contributed by atoms with van der Waals surface area (Å²) in [4.78, 5) is 21.0. The summed E-state index contributed by atoms with van der Waals surface area (Å²) in [5, 5.41) is 7.05. The number of hydrogen-bond acceptors (Lipinski definition) is 5. The van der Waals surface area contributed by atoms with Gasteiger partial charge in [-0.15, -0.1) is 22.7 Å². The number of aryl methyl sites for hydroxylation is 1. The highest BCUT2D eigenvalue weighted by Gasteiger charge is 2.12. The minimum atomic E-state index is 0.0000836. The molecule has 6 heteroatoms. The quantitative estimate of drug-likeness (QED) is 0.652. The first kappa shape index (κ1) is 17.8. The van der Waals surface area contributed by atoms with Gasteiger partial charge in [-0.1, -0.05) is 12.1 Å². The lowest BCUT2D eigenvalue weighted by Gasteiger charge is -2.22. The Hall–Kier alpha value is -2.02. The number of rotatable bonds is 8. The normalized spacial score (nSPS) is 11.0. The number of carbonyl (C=O) groups excluding carboxylic acids is 1. The van der Waals surface area contributed by atoms with Crippen LogP contribution in [0, 0.1) is 6.92 Å². The molecule has 3 aromatic rings. The molecule has 3 aromatic heterocycles. The Morgan fingerprint density at radius 2 is 2.04 bits per heavy atom. The average Bonchev–Trinajstić information content (AvgIpc) is 3.28. The molecule has 0 aromatic carbocycles. The van der Waals surface area contributed by atoms with Gasteiger partial charge in [0.25, 0.3) is 5.91 Å². The monoisotopic (exact) mass is 371 g/mol. The van der Waals surface area contributed by atoms with Crippen molar-refractivity contribution >= 4 is 28.6 Å². The molecular formula is C19H21N3OS2. The molecule has 1 amide bonds. The summed E-state index contributed by atoms with van der Waals surface area (Å²) >= 11 is 3.24. The Balaban J connectivity index is 1.59. The first-order chi connectivity index (χ1) is 12.2. The maximum Gasteiger partial charge on any atom is 0.261 e. The topological polar surface area (TPSA) is 45.2 Å². The molecule has 0 unspecified atom stereocenters. The number of nitrogens with one attached hydrogen (secondary N) is 1. The minimum Gasteiger partial charge on any atom is -0.350 e. The summed E-state index contributed by atoms with van der Waals surface area (Å²) in [6.07, 6.45) is 1.82. The fraction of sp³-hybridized carbons (Fsp3) is 0.263. The second-order valence-corrected chi connectivity index (χ2v) is 7.74. The molecular weight excluding hydrogens is 350 g/mol. The zero-order valence-electron chi connectivity index (χ0n) is 14.1. The maximum atomic E-state index is 12.1. The van der Waals surface area contributed by atoms with Crippen molar-refractivity contribution in [2.24, 2.45) is 0 Å². The van der Waals surface area contributed by atoms with E-state index in [1.165, 1.54) is 21.8 Å². The van der Waals surface area contributed by atoms with Gasteiger partial charge in [-0.3, -0.25) is 14.7 Å². The largest absolute Gasteiger partial charge is 0.350 e. The lowest BCUT2D eigenvalue weighted by atomic mass is 10.2. The summed E-state index contributed by atoms with van der Waals surface area (Å²) in [5.41, 5.74) is 2.36. The van der Waals surface area contributed by atoms with Crippen LogP contribution in [-0.4, -0.2) is 28.9 Å². The highest BCUT2D eigenvalue weighted by Crippen LogP contribution is 2.18. The van der Waals surface area contributed by atoms with E-state index in [0.717, 1.165) is 30.2 Å². The van der Waals surface area contributed by atoms with Crippen LogP contribution in [0.15, 0.2) is 53.4 Å². The summed E-state index contributed by atoms with van der Waals surface area (Å²) < 4.78 is 0. The lowest BCUT2D eigenvalue weighted by Crippen LogP contribution is -2.34.